The van der Waals surface area contributed by atoms with Crippen LogP contribution in [0, 0.1) is 5.92 Å². The van der Waals surface area contributed by atoms with E-state index >= 15 is 0 Å². The summed E-state index contributed by atoms with van der Waals surface area (Å²) in [6, 6.07) is 15.6. The topological polar surface area (TPSA) is 87.1 Å². The van der Waals surface area contributed by atoms with E-state index in [1.807, 2.05) is 48.8 Å². The summed E-state index contributed by atoms with van der Waals surface area (Å²) in [6.45, 7) is 2.37. The molecule has 0 spiro atoms. The van der Waals surface area contributed by atoms with Gasteiger partial charge < -0.3 is 15.4 Å². The number of hydrogen-bond acceptors (Lipinski definition) is 6. The fraction of sp³-hybridized carbons (Fsp3) is 0.400. The van der Waals surface area contributed by atoms with Crippen molar-refractivity contribution in [1.82, 2.24) is 10.6 Å². The summed E-state index contributed by atoms with van der Waals surface area (Å²) >= 11 is 0. The van der Waals surface area contributed by atoms with Gasteiger partial charge in [-0.05, 0) is 61.1 Å². The number of ether oxygens (including phenoxy) is 1. The smallest absolute Gasteiger partial charge is 0.251 e. The fourth-order valence-corrected chi connectivity index (χ4v) is 4.02. The molecule has 0 fully saturated rings. The molecule has 0 saturated carbocycles. The van der Waals surface area contributed by atoms with Crippen LogP contribution >= 0.6 is 0 Å². The Morgan fingerprint density at radius 3 is 2.78 bits per heavy atom. The summed E-state index contributed by atoms with van der Waals surface area (Å²) in [5.74, 6) is 1.49. The van der Waals surface area contributed by atoms with Gasteiger partial charge in [-0.15, -0.1) is 0 Å². The van der Waals surface area contributed by atoms with E-state index in [2.05, 4.69) is 38.1 Å². The summed E-state index contributed by atoms with van der Waals surface area (Å²) < 4.78 is 5.22. The van der Waals surface area contributed by atoms with Gasteiger partial charge in [-0.25, -0.2) is 0 Å². The molecule has 7 nitrogen and oxygen atoms in total. The molecule has 3 atom stereocenters. The molecular weight excluding hydrogens is 402 g/mol. The number of carbonyl (C=O) groups is 1. The Morgan fingerprint density at radius 1 is 1.19 bits per heavy atom. The highest BCUT2D eigenvalue weighted by molar-refractivity contribution is 5.95. The molecule has 0 aliphatic carbocycles. The fourth-order valence-electron chi connectivity index (χ4n) is 4.02. The first-order valence-corrected chi connectivity index (χ1v) is 11.3. The summed E-state index contributed by atoms with van der Waals surface area (Å²) in [6.07, 6.45) is 7.02. The number of benzene rings is 2. The van der Waals surface area contributed by atoms with Crippen molar-refractivity contribution in [3.05, 3.63) is 59.7 Å². The number of hydrogen-bond donors (Lipinski definition) is 3. The minimum atomic E-state index is -0.228. The zero-order chi connectivity index (χ0) is 22.2. The van der Waals surface area contributed by atoms with Crippen molar-refractivity contribution in [2.45, 2.75) is 31.5 Å². The quantitative estimate of drug-likeness (QED) is 0.595. The van der Waals surface area contributed by atoms with Crippen LogP contribution in [0.5, 0.6) is 5.75 Å². The highest BCUT2D eigenvalue weighted by atomic mass is 16.5. The largest absolute Gasteiger partial charge is 0.497 e. The number of nitrogens with one attached hydrogen (secondary N) is 3. The second-order valence-electron chi connectivity index (χ2n) is 8.22. The van der Waals surface area contributed by atoms with Crippen molar-refractivity contribution in [2.75, 3.05) is 32.1 Å². The van der Waals surface area contributed by atoms with Crippen LogP contribution in [0.15, 0.2) is 58.5 Å². The second kappa shape index (κ2) is 10.9. The monoisotopic (exact) mass is 433 g/mol. The lowest BCUT2D eigenvalue weighted by Crippen LogP contribution is -2.41. The normalized spacial score (nSPS) is 22.3. The van der Waals surface area contributed by atoms with Gasteiger partial charge in [0.05, 0.1) is 7.11 Å². The molecule has 1 amide bonds. The van der Waals surface area contributed by atoms with Gasteiger partial charge in [0, 0.05) is 49.2 Å². The lowest BCUT2D eigenvalue weighted by Gasteiger charge is -2.25. The van der Waals surface area contributed by atoms with Crippen LogP contribution in [-0.2, 0) is 0 Å². The van der Waals surface area contributed by atoms with Gasteiger partial charge in [0.25, 0.3) is 5.91 Å². The average molecular weight is 434 g/mol. The van der Waals surface area contributed by atoms with Gasteiger partial charge in [0.2, 0.25) is 0 Å². The highest BCUT2D eigenvalue weighted by Crippen LogP contribution is 2.20. The third-order valence-electron chi connectivity index (χ3n) is 5.90. The zero-order valence-electron chi connectivity index (χ0n) is 18.5. The first kappa shape index (κ1) is 22.0. The van der Waals surface area contributed by atoms with E-state index in [0.29, 0.717) is 18.0 Å². The maximum atomic E-state index is 12.5. The molecule has 0 radical (unpaired) electrons. The number of rotatable bonds is 8. The van der Waals surface area contributed by atoms with Crippen molar-refractivity contribution < 1.29 is 9.53 Å². The van der Waals surface area contributed by atoms with Crippen LogP contribution < -0.4 is 20.7 Å². The standard InChI is InChI=1S/C25H31N5O2/c1-32-23-9-7-19(8-10-23)21-16-28-25(29-17-21)30-22-6-2-5-20(14-22)24(31)27-13-11-18-4-3-12-26-15-18/h2,5-10,14-16,18,21,25,29-30H,3-4,11-13,17H2,1H3,(H,27,31). The maximum Gasteiger partial charge on any atom is 0.251 e. The number of aliphatic imine (C=N–C) groups is 2. The molecule has 3 N–H and O–H groups in total. The van der Waals surface area contributed by atoms with Gasteiger partial charge in [-0.1, -0.05) is 18.2 Å². The second-order valence-corrected chi connectivity index (χ2v) is 8.22. The Hall–Kier alpha value is -3.19. The molecule has 0 bridgehead atoms. The Morgan fingerprint density at radius 2 is 2.06 bits per heavy atom. The van der Waals surface area contributed by atoms with Crippen molar-refractivity contribution in [3.63, 3.8) is 0 Å². The predicted octanol–water partition coefficient (Wildman–Crippen LogP) is 3.45. The van der Waals surface area contributed by atoms with Crippen LogP contribution in [0.2, 0.25) is 0 Å². The summed E-state index contributed by atoms with van der Waals surface area (Å²) in [5, 5.41) is 9.79. The summed E-state index contributed by atoms with van der Waals surface area (Å²) in [5.41, 5.74) is 2.69. The average Bonchev–Trinajstić information content (AvgIpc) is 2.85. The molecule has 3 unspecified atom stereocenters. The van der Waals surface area contributed by atoms with Crippen LogP contribution in [0.25, 0.3) is 0 Å². The van der Waals surface area contributed by atoms with E-state index in [1.54, 1.807) is 7.11 Å². The van der Waals surface area contributed by atoms with Gasteiger partial charge in [0.1, 0.15) is 5.75 Å². The minimum Gasteiger partial charge on any atom is -0.497 e. The first-order valence-electron chi connectivity index (χ1n) is 11.3. The molecular formula is C25H31N5O2. The lowest BCUT2D eigenvalue weighted by atomic mass is 9.99. The van der Waals surface area contributed by atoms with E-state index in [0.717, 1.165) is 43.8 Å². The predicted molar refractivity (Wildman–Crippen MR) is 129 cm³/mol. The van der Waals surface area contributed by atoms with E-state index < -0.39 is 0 Å². The van der Waals surface area contributed by atoms with Gasteiger partial charge in [-0.2, -0.15) is 0 Å². The van der Waals surface area contributed by atoms with Crippen molar-refractivity contribution in [2.24, 2.45) is 15.9 Å². The summed E-state index contributed by atoms with van der Waals surface area (Å²) in [7, 11) is 1.67. The van der Waals surface area contributed by atoms with Crippen LogP contribution in [0.4, 0.5) is 5.69 Å². The van der Waals surface area contributed by atoms with Crippen molar-refractivity contribution in [3.8, 4) is 5.75 Å². The highest BCUT2D eigenvalue weighted by Gasteiger charge is 2.18. The molecule has 2 aromatic carbocycles. The van der Waals surface area contributed by atoms with E-state index in [9.17, 15) is 4.79 Å². The SMILES string of the molecule is COc1ccc(C2C=NC(Nc3cccc(C(=O)NCCC4C=NCCC4)c3)NC2)cc1. The maximum absolute atomic E-state index is 12.5. The summed E-state index contributed by atoms with van der Waals surface area (Å²) in [4.78, 5) is 21.5. The molecule has 2 aliphatic heterocycles. The van der Waals surface area contributed by atoms with Crippen LogP contribution in [0.1, 0.15) is 41.1 Å². The molecule has 32 heavy (non-hydrogen) atoms. The molecule has 7 heteroatoms. The van der Waals surface area contributed by atoms with Crippen LogP contribution in [0.3, 0.4) is 0 Å². The first-order chi connectivity index (χ1) is 15.7. The van der Waals surface area contributed by atoms with E-state index in [4.69, 9.17) is 4.74 Å². The molecule has 2 aromatic rings. The third kappa shape index (κ3) is 5.95. The minimum absolute atomic E-state index is 0.0546. The van der Waals surface area contributed by atoms with E-state index in [-0.39, 0.29) is 18.1 Å². The molecule has 168 valence electrons. The Labute approximate surface area is 189 Å². The molecule has 0 aromatic heterocycles. The van der Waals surface area contributed by atoms with E-state index in [1.165, 1.54) is 5.56 Å². The zero-order valence-corrected chi connectivity index (χ0v) is 18.5. The van der Waals surface area contributed by atoms with Gasteiger partial charge in [0.15, 0.2) is 6.29 Å². The Bertz CT molecular complexity index is 957. The Balaban J connectivity index is 1.28. The lowest BCUT2D eigenvalue weighted by molar-refractivity contribution is 0.0952. The van der Waals surface area contributed by atoms with Crippen molar-refractivity contribution >= 4 is 24.0 Å². The van der Waals surface area contributed by atoms with Gasteiger partial charge in [-0.3, -0.25) is 20.1 Å². The number of methoxy groups -OCH3 is 1. The molecule has 2 heterocycles. The molecule has 4 rings (SSSR count). The van der Waals surface area contributed by atoms with Gasteiger partial charge >= 0.3 is 0 Å². The third-order valence-corrected chi connectivity index (χ3v) is 5.90. The Kier molecular flexibility index (Phi) is 7.51. The number of amides is 1. The van der Waals surface area contributed by atoms with Crippen molar-refractivity contribution in [1.29, 1.82) is 0 Å². The number of carbonyl (C=O) groups excluding carboxylic acids is 1. The molecule has 2 aliphatic rings. The number of anilines is 1. The molecule has 0 saturated heterocycles. The van der Waals surface area contributed by atoms with Crippen LogP contribution in [-0.4, -0.2) is 51.4 Å². The number of nitrogens with zero attached hydrogens (tertiary/aromatic N) is 2.